The second kappa shape index (κ2) is 8.22. The molecule has 1 saturated heterocycles. The van der Waals surface area contributed by atoms with Gasteiger partial charge in [0.2, 0.25) is 0 Å². The van der Waals surface area contributed by atoms with Gasteiger partial charge in [-0.15, -0.1) is 5.10 Å². The number of anilines is 1. The van der Waals surface area contributed by atoms with Crippen LogP contribution in [0.2, 0.25) is 0 Å². The third-order valence-electron chi connectivity index (χ3n) is 4.87. The summed E-state index contributed by atoms with van der Waals surface area (Å²) in [5.41, 5.74) is 1.79. The van der Waals surface area contributed by atoms with Crippen LogP contribution in [0, 0.1) is 6.92 Å². The summed E-state index contributed by atoms with van der Waals surface area (Å²) in [7, 11) is 0. The Hall–Kier alpha value is -3.19. The highest BCUT2D eigenvalue weighted by atomic mass is 16.5. The number of amides is 1. The molecule has 1 aliphatic heterocycles. The van der Waals surface area contributed by atoms with Gasteiger partial charge in [-0.25, -0.2) is 4.68 Å². The molecule has 2 aromatic carbocycles. The largest absolute Gasteiger partial charge is 0.457 e. The fraction of sp³-hybridized carbons (Fsp3) is 0.286. The molecule has 4 rings (SSSR count). The van der Waals surface area contributed by atoms with Crippen LogP contribution in [0.3, 0.4) is 0 Å². The molecule has 28 heavy (non-hydrogen) atoms. The van der Waals surface area contributed by atoms with Crippen molar-refractivity contribution >= 4 is 11.6 Å². The minimum absolute atomic E-state index is 0.269. The number of hydrogen-bond donors (Lipinski definition) is 2. The Morgan fingerprint density at radius 3 is 2.64 bits per heavy atom. The molecule has 1 aliphatic rings. The van der Waals surface area contributed by atoms with Crippen LogP contribution in [0.25, 0.3) is 0 Å². The fourth-order valence-electron chi connectivity index (χ4n) is 3.40. The molecule has 0 spiro atoms. The Morgan fingerprint density at radius 2 is 1.86 bits per heavy atom. The van der Waals surface area contributed by atoms with Gasteiger partial charge in [-0.3, -0.25) is 4.79 Å². The number of benzene rings is 2. The van der Waals surface area contributed by atoms with Gasteiger partial charge in [0.15, 0.2) is 5.69 Å². The quantitative estimate of drug-likeness (QED) is 0.711. The minimum atomic E-state index is -0.269. The topological polar surface area (TPSA) is 81.1 Å². The SMILES string of the molecule is Cc1c(C(=O)Nc2cccc(Oc3ccccc3)c2)nnn1C1CCNCC1. The molecule has 1 amide bonds. The van der Waals surface area contributed by atoms with E-state index in [0.29, 0.717) is 17.1 Å². The van der Waals surface area contributed by atoms with Crippen LogP contribution in [0.1, 0.15) is 35.1 Å². The number of para-hydroxylation sites is 1. The van der Waals surface area contributed by atoms with Crippen LogP contribution >= 0.6 is 0 Å². The van der Waals surface area contributed by atoms with Crippen LogP contribution in [0.15, 0.2) is 54.6 Å². The minimum Gasteiger partial charge on any atom is -0.457 e. The van der Waals surface area contributed by atoms with Crippen molar-refractivity contribution in [3.63, 3.8) is 0 Å². The molecule has 0 unspecified atom stereocenters. The Morgan fingerprint density at radius 1 is 1.11 bits per heavy atom. The molecular formula is C21H23N5O2. The highest BCUT2D eigenvalue weighted by molar-refractivity contribution is 6.03. The summed E-state index contributed by atoms with van der Waals surface area (Å²) >= 11 is 0. The van der Waals surface area contributed by atoms with E-state index in [1.54, 1.807) is 6.07 Å². The highest BCUT2D eigenvalue weighted by Crippen LogP contribution is 2.25. The second-order valence-corrected chi connectivity index (χ2v) is 6.85. The van der Waals surface area contributed by atoms with Gasteiger partial charge in [-0.2, -0.15) is 0 Å². The van der Waals surface area contributed by atoms with Crippen molar-refractivity contribution in [1.29, 1.82) is 0 Å². The first-order chi connectivity index (χ1) is 13.7. The van der Waals surface area contributed by atoms with E-state index in [-0.39, 0.29) is 11.9 Å². The number of ether oxygens (including phenoxy) is 1. The molecule has 0 saturated carbocycles. The lowest BCUT2D eigenvalue weighted by atomic mass is 10.1. The average Bonchev–Trinajstić information content (AvgIpc) is 3.11. The average molecular weight is 377 g/mol. The summed E-state index contributed by atoms with van der Waals surface area (Å²) in [4.78, 5) is 12.7. The van der Waals surface area contributed by atoms with E-state index < -0.39 is 0 Å². The van der Waals surface area contributed by atoms with E-state index in [9.17, 15) is 4.79 Å². The summed E-state index contributed by atoms with van der Waals surface area (Å²) < 4.78 is 7.70. The van der Waals surface area contributed by atoms with Gasteiger partial charge in [-0.05, 0) is 57.1 Å². The van der Waals surface area contributed by atoms with Crippen LogP contribution in [0.4, 0.5) is 5.69 Å². The zero-order valence-electron chi connectivity index (χ0n) is 15.8. The molecule has 0 atom stereocenters. The van der Waals surface area contributed by atoms with Crippen molar-refractivity contribution in [3.05, 3.63) is 66.0 Å². The number of carbonyl (C=O) groups is 1. The van der Waals surface area contributed by atoms with Gasteiger partial charge in [0.25, 0.3) is 5.91 Å². The van der Waals surface area contributed by atoms with Crippen LogP contribution in [-0.2, 0) is 0 Å². The maximum atomic E-state index is 12.7. The molecule has 7 nitrogen and oxygen atoms in total. The monoisotopic (exact) mass is 377 g/mol. The molecular weight excluding hydrogens is 354 g/mol. The summed E-state index contributed by atoms with van der Waals surface area (Å²) in [5.74, 6) is 1.13. The Kier molecular flexibility index (Phi) is 5.34. The van der Waals surface area contributed by atoms with Gasteiger partial charge in [0, 0.05) is 11.8 Å². The maximum Gasteiger partial charge on any atom is 0.278 e. The van der Waals surface area contributed by atoms with E-state index in [1.807, 2.05) is 60.1 Å². The second-order valence-electron chi connectivity index (χ2n) is 6.85. The van der Waals surface area contributed by atoms with E-state index >= 15 is 0 Å². The lowest BCUT2D eigenvalue weighted by molar-refractivity contribution is 0.102. The number of rotatable bonds is 5. The number of hydrogen-bond acceptors (Lipinski definition) is 5. The zero-order chi connectivity index (χ0) is 19.3. The molecule has 0 radical (unpaired) electrons. The van der Waals surface area contributed by atoms with Crippen molar-refractivity contribution in [2.75, 3.05) is 18.4 Å². The van der Waals surface area contributed by atoms with Crippen LogP contribution < -0.4 is 15.4 Å². The molecule has 144 valence electrons. The molecule has 7 heteroatoms. The number of carbonyl (C=O) groups excluding carboxylic acids is 1. The molecule has 2 N–H and O–H groups in total. The van der Waals surface area contributed by atoms with Crippen molar-refractivity contribution < 1.29 is 9.53 Å². The summed E-state index contributed by atoms with van der Waals surface area (Å²) in [5, 5.41) is 14.6. The van der Waals surface area contributed by atoms with Crippen LogP contribution in [0.5, 0.6) is 11.5 Å². The van der Waals surface area contributed by atoms with E-state index in [2.05, 4.69) is 20.9 Å². The highest BCUT2D eigenvalue weighted by Gasteiger charge is 2.23. The third-order valence-corrected chi connectivity index (χ3v) is 4.87. The Labute approximate surface area is 163 Å². The first kappa shape index (κ1) is 18.2. The van der Waals surface area contributed by atoms with Gasteiger partial charge in [0.05, 0.1) is 11.7 Å². The van der Waals surface area contributed by atoms with E-state index in [1.165, 1.54) is 0 Å². The lowest BCUT2D eigenvalue weighted by Gasteiger charge is -2.23. The normalized spacial score (nSPS) is 14.6. The van der Waals surface area contributed by atoms with Gasteiger partial charge < -0.3 is 15.4 Å². The molecule has 0 bridgehead atoms. The third kappa shape index (κ3) is 4.04. The predicted molar refractivity (Wildman–Crippen MR) is 107 cm³/mol. The van der Waals surface area contributed by atoms with Gasteiger partial charge in [0.1, 0.15) is 11.5 Å². The maximum absolute atomic E-state index is 12.7. The number of nitrogens with one attached hydrogen (secondary N) is 2. The molecule has 0 aliphatic carbocycles. The smallest absolute Gasteiger partial charge is 0.278 e. The summed E-state index contributed by atoms with van der Waals surface area (Å²) in [6.07, 6.45) is 1.98. The molecule has 3 aromatic rings. The van der Waals surface area contributed by atoms with Crippen molar-refractivity contribution in [1.82, 2.24) is 20.3 Å². The van der Waals surface area contributed by atoms with E-state index in [4.69, 9.17) is 4.74 Å². The Bertz CT molecular complexity index is 948. The fourth-order valence-corrected chi connectivity index (χ4v) is 3.40. The zero-order valence-corrected chi connectivity index (χ0v) is 15.8. The van der Waals surface area contributed by atoms with Crippen molar-refractivity contribution in [2.24, 2.45) is 0 Å². The first-order valence-corrected chi connectivity index (χ1v) is 9.47. The lowest BCUT2D eigenvalue weighted by Crippen LogP contribution is -2.30. The summed E-state index contributed by atoms with van der Waals surface area (Å²) in [6.45, 7) is 3.81. The van der Waals surface area contributed by atoms with Gasteiger partial charge >= 0.3 is 0 Å². The number of aromatic nitrogens is 3. The number of nitrogens with zero attached hydrogens (tertiary/aromatic N) is 3. The molecule has 1 aromatic heterocycles. The standard InChI is InChI=1S/C21H23N5O2/c1-15-20(24-25-26(15)17-10-12-22-13-11-17)21(27)23-16-6-5-9-19(14-16)28-18-7-3-2-4-8-18/h2-9,14,17,22H,10-13H2,1H3,(H,23,27). The van der Waals surface area contributed by atoms with Crippen molar-refractivity contribution in [3.8, 4) is 11.5 Å². The molecule has 1 fully saturated rings. The predicted octanol–water partition coefficient (Wildman–Crippen LogP) is 3.56. The first-order valence-electron chi connectivity index (χ1n) is 9.47. The van der Waals surface area contributed by atoms with Crippen LogP contribution in [-0.4, -0.2) is 34.0 Å². The van der Waals surface area contributed by atoms with Gasteiger partial charge in [-0.1, -0.05) is 29.5 Å². The Balaban J connectivity index is 1.46. The summed E-state index contributed by atoms with van der Waals surface area (Å²) in [6, 6.07) is 17.1. The number of piperidine rings is 1. The van der Waals surface area contributed by atoms with Crippen molar-refractivity contribution in [2.45, 2.75) is 25.8 Å². The van der Waals surface area contributed by atoms with E-state index in [0.717, 1.165) is 37.4 Å². The molecule has 2 heterocycles.